The molecule has 1 aromatic carbocycles. The predicted molar refractivity (Wildman–Crippen MR) is 81.8 cm³/mol. The van der Waals surface area contributed by atoms with Crippen molar-refractivity contribution in [1.82, 2.24) is 4.72 Å². The summed E-state index contributed by atoms with van der Waals surface area (Å²) in [4.78, 5) is 0.345. The SMILES string of the molecule is COC1CCC(Nc2ccccc2S(=O)(=O)NC2CC2)C1. The van der Waals surface area contributed by atoms with Gasteiger partial charge in [-0.2, -0.15) is 0 Å². The van der Waals surface area contributed by atoms with Crippen LogP contribution in [0.5, 0.6) is 0 Å². The molecular weight excluding hydrogens is 288 g/mol. The van der Waals surface area contributed by atoms with E-state index in [9.17, 15) is 8.42 Å². The number of hydrogen-bond donors (Lipinski definition) is 2. The average Bonchev–Trinajstić information content (AvgIpc) is 3.14. The molecule has 0 bridgehead atoms. The summed E-state index contributed by atoms with van der Waals surface area (Å²) >= 11 is 0. The van der Waals surface area contributed by atoms with Crippen LogP contribution in [0.25, 0.3) is 0 Å². The molecule has 2 aliphatic carbocycles. The Balaban J connectivity index is 1.76. The van der Waals surface area contributed by atoms with Crippen molar-refractivity contribution in [3.05, 3.63) is 24.3 Å². The van der Waals surface area contributed by atoms with Gasteiger partial charge in [0, 0.05) is 19.2 Å². The van der Waals surface area contributed by atoms with E-state index in [-0.39, 0.29) is 18.2 Å². The number of benzene rings is 1. The number of methoxy groups -OCH3 is 1. The molecule has 0 saturated heterocycles. The van der Waals surface area contributed by atoms with Gasteiger partial charge >= 0.3 is 0 Å². The third-order valence-corrected chi connectivity index (χ3v) is 5.73. The summed E-state index contributed by atoms with van der Waals surface area (Å²) in [5, 5.41) is 3.37. The van der Waals surface area contributed by atoms with Gasteiger partial charge in [0.05, 0.1) is 11.8 Å². The van der Waals surface area contributed by atoms with E-state index in [1.54, 1.807) is 19.2 Å². The van der Waals surface area contributed by atoms with Crippen LogP contribution in [-0.4, -0.2) is 33.7 Å². The zero-order chi connectivity index (χ0) is 14.9. The molecule has 3 rings (SSSR count). The molecule has 2 aliphatic rings. The number of anilines is 1. The van der Waals surface area contributed by atoms with Crippen molar-refractivity contribution < 1.29 is 13.2 Å². The minimum absolute atomic E-state index is 0.118. The maximum atomic E-state index is 12.4. The third kappa shape index (κ3) is 3.56. The summed E-state index contributed by atoms with van der Waals surface area (Å²) in [7, 11) is -1.70. The van der Waals surface area contributed by atoms with Gasteiger partial charge in [-0.1, -0.05) is 12.1 Å². The van der Waals surface area contributed by atoms with Gasteiger partial charge in [0.25, 0.3) is 0 Å². The van der Waals surface area contributed by atoms with E-state index in [4.69, 9.17) is 4.74 Å². The highest BCUT2D eigenvalue weighted by Gasteiger charge is 2.30. The lowest BCUT2D eigenvalue weighted by molar-refractivity contribution is 0.108. The summed E-state index contributed by atoms with van der Waals surface area (Å²) < 4.78 is 32.9. The van der Waals surface area contributed by atoms with Crippen LogP contribution >= 0.6 is 0 Å². The van der Waals surface area contributed by atoms with Crippen LogP contribution in [0.3, 0.4) is 0 Å². The van der Waals surface area contributed by atoms with E-state index >= 15 is 0 Å². The molecule has 0 amide bonds. The molecule has 0 radical (unpaired) electrons. The van der Waals surface area contributed by atoms with Crippen LogP contribution in [0.4, 0.5) is 5.69 Å². The summed E-state index contributed by atoms with van der Waals surface area (Å²) in [5.74, 6) is 0. The number of para-hydroxylation sites is 1. The normalized spacial score (nSPS) is 26.0. The van der Waals surface area contributed by atoms with Gasteiger partial charge in [0.2, 0.25) is 10.0 Å². The van der Waals surface area contributed by atoms with Crippen molar-refractivity contribution in [1.29, 1.82) is 0 Å². The summed E-state index contributed by atoms with van der Waals surface area (Å²) in [6.07, 6.45) is 5.09. The molecule has 2 N–H and O–H groups in total. The van der Waals surface area contributed by atoms with Crippen molar-refractivity contribution in [3.8, 4) is 0 Å². The van der Waals surface area contributed by atoms with Gasteiger partial charge in [-0.15, -0.1) is 0 Å². The average molecular weight is 310 g/mol. The lowest BCUT2D eigenvalue weighted by atomic mass is 10.2. The fraction of sp³-hybridized carbons (Fsp3) is 0.600. The first kappa shape index (κ1) is 14.8. The molecule has 21 heavy (non-hydrogen) atoms. The Morgan fingerprint density at radius 1 is 1.10 bits per heavy atom. The fourth-order valence-corrected chi connectivity index (χ4v) is 4.29. The molecule has 6 heteroatoms. The van der Waals surface area contributed by atoms with E-state index in [0.29, 0.717) is 10.6 Å². The Kier molecular flexibility index (Phi) is 4.19. The predicted octanol–water partition coefficient (Wildman–Crippen LogP) is 2.11. The van der Waals surface area contributed by atoms with Crippen LogP contribution in [-0.2, 0) is 14.8 Å². The van der Waals surface area contributed by atoms with Crippen molar-refractivity contribution in [2.75, 3.05) is 12.4 Å². The largest absolute Gasteiger partial charge is 0.381 e. The van der Waals surface area contributed by atoms with Gasteiger partial charge in [-0.3, -0.25) is 0 Å². The molecular formula is C15H22N2O3S. The lowest BCUT2D eigenvalue weighted by Crippen LogP contribution is -2.27. The first-order valence-corrected chi connectivity index (χ1v) is 8.97. The topological polar surface area (TPSA) is 67.4 Å². The molecule has 5 nitrogen and oxygen atoms in total. The zero-order valence-corrected chi connectivity index (χ0v) is 13.0. The molecule has 0 heterocycles. The maximum Gasteiger partial charge on any atom is 0.242 e. The summed E-state index contributed by atoms with van der Waals surface area (Å²) in [6.45, 7) is 0. The highest BCUT2D eigenvalue weighted by molar-refractivity contribution is 7.89. The molecule has 116 valence electrons. The van der Waals surface area contributed by atoms with Gasteiger partial charge < -0.3 is 10.1 Å². The van der Waals surface area contributed by atoms with E-state index < -0.39 is 10.0 Å². The lowest BCUT2D eigenvalue weighted by Gasteiger charge is -2.17. The smallest absolute Gasteiger partial charge is 0.242 e. The highest BCUT2D eigenvalue weighted by atomic mass is 32.2. The quantitative estimate of drug-likeness (QED) is 0.844. The number of rotatable bonds is 6. The number of hydrogen-bond acceptors (Lipinski definition) is 4. The van der Waals surface area contributed by atoms with Crippen LogP contribution < -0.4 is 10.0 Å². The molecule has 2 saturated carbocycles. The first-order chi connectivity index (χ1) is 10.1. The molecule has 0 spiro atoms. The monoisotopic (exact) mass is 310 g/mol. The Hall–Kier alpha value is -1.11. The van der Waals surface area contributed by atoms with Crippen molar-refractivity contribution in [2.45, 2.75) is 55.2 Å². The standard InChI is InChI=1S/C15H22N2O3S/c1-20-13-9-8-12(10-13)16-14-4-2-3-5-15(14)21(18,19)17-11-6-7-11/h2-5,11-13,16-17H,6-10H2,1H3. The maximum absolute atomic E-state index is 12.4. The van der Waals surface area contributed by atoms with Gasteiger partial charge in [-0.05, 0) is 44.2 Å². The zero-order valence-electron chi connectivity index (χ0n) is 12.2. The second kappa shape index (κ2) is 5.94. The molecule has 0 aliphatic heterocycles. The summed E-state index contributed by atoms with van der Waals surface area (Å²) in [5.41, 5.74) is 0.687. The molecule has 2 fully saturated rings. The second-order valence-electron chi connectivity index (χ2n) is 5.90. The van der Waals surface area contributed by atoms with Gasteiger partial charge in [0.1, 0.15) is 4.90 Å². The molecule has 2 unspecified atom stereocenters. The highest BCUT2D eigenvalue weighted by Crippen LogP contribution is 2.29. The Bertz CT molecular complexity index is 599. The Morgan fingerprint density at radius 2 is 1.81 bits per heavy atom. The van der Waals surface area contributed by atoms with Crippen molar-refractivity contribution in [2.24, 2.45) is 0 Å². The third-order valence-electron chi connectivity index (χ3n) is 4.15. The second-order valence-corrected chi connectivity index (χ2v) is 7.59. The number of sulfonamides is 1. The van der Waals surface area contributed by atoms with Gasteiger partial charge in [-0.25, -0.2) is 13.1 Å². The van der Waals surface area contributed by atoms with Crippen LogP contribution in [0.1, 0.15) is 32.1 Å². The molecule has 0 aromatic heterocycles. The van der Waals surface area contributed by atoms with E-state index in [2.05, 4.69) is 10.0 Å². The Labute approximate surface area is 126 Å². The van der Waals surface area contributed by atoms with E-state index in [1.807, 2.05) is 12.1 Å². The van der Waals surface area contributed by atoms with Crippen molar-refractivity contribution >= 4 is 15.7 Å². The van der Waals surface area contributed by atoms with E-state index in [0.717, 1.165) is 32.1 Å². The molecule has 2 atom stereocenters. The minimum atomic E-state index is -3.43. The molecule has 1 aromatic rings. The number of ether oxygens (including phenoxy) is 1. The fourth-order valence-electron chi connectivity index (χ4n) is 2.81. The van der Waals surface area contributed by atoms with Gasteiger partial charge in [0.15, 0.2) is 0 Å². The van der Waals surface area contributed by atoms with Crippen LogP contribution in [0.2, 0.25) is 0 Å². The van der Waals surface area contributed by atoms with Crippen molar-refractivity contribution in [3.63, 3.8) is 0 Å². The summed E-state index contributed by atoms with van der Waals surface area (Å²) in [6, 6.07) is 7.51. The Morgan fingerprint density at radius 3 is 2.48 bits per heavy atom. The minimum Gasteiger partial charge on any atom is -0.381 e. The van der Waals surface area contributed by atoms with E-state index in [1.165, 1.54) is 0 Å². The van der Waals surface area contributed by atoms with Crippen LogP contribution in [0.15, 0.2) is 29.2 Å². The number of nitrogens with one attached hydrogen (secondary N) is 2. The van der Waals surface area contributed by atoms with Crippen LogP contribution in [0, 0.1) is 0 Å². The first-order valence-electron chi connectivity index (χ1n) is 7.49.